The number of halogens is 3. The first-order chi connectivity index (χ1) is 12.9. The molecule has 7 heteroatoms. The number of hydrogen-bond donors (Lipinski definition) is 2. The molecule has 0 aromatic heterocycles. The summed E-state index contributed by atoms with van der Waals surface area (Å²) in [6, 6.07) is 9.94. The van der Waals surface area contributed by atoms with E-state index in [-0.39, 0.29) is 30.5 Å². The highest BCUT2D eigenvalue weighted by Crippen LogP contribution is 2.19. The molecule has 1 atom stereocenters. The zero-order valence-corrected chi connectivity index (χ0v) is 15.7. The van der Waals surface area contributed by atoms with Gasteiger partial charge < -0.3 is 10.6 Å². The first-order valence-corrected chi connectivity index (χ1v) is 9.06. The van der Waals surface area contributed by atoms with Crippen LogP contribution in [0.25, 0.3) is 0 Å². The molecule has 0 spiro atoms. The number of nitrogens with one attached hydrogen (secondary N) is 2. The van der Waals surface area contributed by atoms with Crippen LogP contribution in [0.1, 0.15) is 48.1 Å². The molecule has 0 radical (unpaired) electrons. The van der Waals surface area contributed by atoms with Crippen LogP contribution in [-0.4, -0.2) is 18.4 Å². The third-order valence-corrected chi connectivity index (χ3v) is 4.31. The molecule has 0 heterocycles. The van der Waals surface area contributed by atoms with Crippen LogP contribution in [-0.2, 0) is 4.79 Å². The fourth-order valence-electron chi connectivity index (χ4n) is 2.60. The number of rotatable bonds is 8. The lowest BCUT2D eigenvalue weighted by Crippen LogP contribution is -2.30. The predicted octanol–water partition coefficient (Wildman–Crippen LogP) is 4.40. The van der Waals surface area contributed by atoms with E-state index in [2.05, 4.69) is 10.6 Å². The lowest BCUT2D eigenvalue weighted by Gasteiger charge is -2.17. The summed E-state index contributed by atoms with van der Waals surface area (Å²) in [6.45, 7) is 2.18. The normalized spacial score (nSPS) is 11.7. The Balaban J connectivity index is 1.76. The van der Waals surface area contributed by atoms with Crippen molar-refractivity contribution in [3.05, 3.63) is 70.2 Å². The summed E-state index contributed by atoms with van der Waals surface area (Å²) in [6.07, 6.45) is 1.35. The van der Waals surface area contributed by atoms with Gasteiger partial charge in [0, 0.05) is 24.1 Å². The molecule has 2 amide bonds. The predicted molar refractivity (Wildman–Crippen MR) is 101 cm³/mol. The first-order valence-electron chi connectivity index (χ1n) is 8.68. The molecule has 2 rings (SSSR count). The van der Waals surface area contributed by atoms with Gasteiger partial charge in [0.25, 0.3) is 5.91 Å². The third kappa shape index (κ3) is 6.32. The Hall–Kier alpha value is -2.47. The molecule has 144 valence electrons. The van der Waals surface area contributed by atoms with Crippen molar-refractivity contribution in [2.75, 3.05) is 6.54 Å². The molecule has 0 aliphatic heterocycles. The van der Waals surface area contributed by atoms with E-state index >= 15 is 0 Å². The second-order valence-corrected chi connectivity index (χ2v) is 6.50. The second-order valence-electron chi connectivity index (χ2n) is 6.06. The molecule has 0 aliphatic carbocycles. The highest BCUT2D eigenvalue weighted by Gasteiger charge is 2.14. The average molecular weight is 395 g/mol. The highest BCUT2D eigenvalue weighted by molar-refractivity contribution is 6.30. The molecule has 0 aliphatic rings. The minimum Gasteiger partial charge on any atom is -0.352 e. The van der Waals surface area contributed by atoms with E-state index in [1.165, 1.54) is 0 Å². The van der Waals surface area contributed by atoms with Crippen molar-refractivity contribution in [3.8, 4) is 0 Å². The monoisotopic (exact) mass is 394 g/mol. The van der Waals surface area contributed by atoms with Crippen molar-refractivity contribution in [2.24, 2.45) is 0 Å². The molecule has 2 aromatic rings. The van der Waals surface area contributed by atoms with Crippen LogP contribution in [0.5, 0.6) is 0 Å². The van der Waals surface area contributed by atoms with E-state index in [9.17, 15) is 18.4 Å². The molecule has 0 fully saturated rings. The second kappa shape index (κ2) is 10.0. The molecule has 0 saturated heterocycles. The zero-order chi connectivity index (χ0) is 19.8. The molecule has 4 nitrogen and oxygen atoms in total. The minimum absolute atomic E-state index is 0.113. The number of carbonyl (C=O) groups is 2. The smallest absolute Gasteiger partial charge is 0.254 e. The maximum atomic E-state index is 13.5. The SMILES string of the molecule is CCC(NC(=O)CCCNC(=O)c1ccc(F)cc1F)c1ccc(Cl)cc1. The Bertz CT molecular complexity index is 797. The molecule has 0 bridgehead atoms. The Morgan fingerprint density at radius 3 is 2.44 bits per heavy atom. The van der Waals surface area contributed by atoms with Crippen LogP contribution in [0.15, 0.2) is 42.5 Å². The van der Waals surface area contributed by atoms with Crippen LogP contribution < -0.4 is 10.6 Å². The Labute approximate surface area is 161 Å². The molecule has 1 unspecified atom stereocenters. The first kappa shape index (κ1) is 20.8. The fraction of sp³-hybridized carbons (Fsp3) is 0.300. The van der Waals surface area contributed by atoms with Gasteiger partial charge in [0.05, 0.1) is 11.6 Å². The highest BCUT2D eigenvalue weighted by atomic mass is 35.5. The van der Waals surface area contributed by atoms with E-state index in [1.807, 2.05) is 19.1 Å². The van der Waals surface area contributed by atoms with Crippen molar-refractivity contribution in [1.29, 1.82) is 0 Å². The lowest BCUT2D eigenvalue weighted by atomic mass is 10.0. The summed E-state index contributed by atoms with van der Waals surface area (Å²) in [4.78, 5) is 24.0. The van der Waals surface area contributed by atoms with E-state index in [4.69, 9.17) is 11.6 Å². The molecule has 2 N–H and O–H groups in total. The molecule has 0 saturated carbocycles. The number of carbonyl (C=O) groups excluding carboxylic acids is 2. The maximum Gasteiger partial charge on any atom is 0.254 e. The molecule has 2 aromatic carbocycles. The summed E-state index contributed by atoms with van der Waals surface area (Å²) < 4.78 is 26.4. The van der Waals surface area contributed by atoms with Gasteiger partial charge in [-0.2, -0.15) is 0 Å². The summed E-state index contributed by atoms with van der Waals surface area (Å²) in [5.74, 6) is -2.44. The Morgan fingerprint density at radius 2 is 1.81 bits per heavy atom. The van der Waals surface area contributed by atoms with E-state index < -0.39 is 17.5 Å². The van der Waals surface area contributed by atoms with Crippen molar-refractivity contribution < 1.29 is 18.4 Å². The van der Waals surface area contributed by atoms with Gasteiger partial charge in [0.1, 0.15) is 11.6 Å². The van der Waals surface area contributed by atoms with Gasteiger partial charge in [-0.3, -0.25) is 9.59 Å². The van der Waals surface area contributed by atoms with Gasteiger partial charge in [0.15, 0.2) is 0 Å². The van der Waals surface area contributed by atoms with Gasteiger partial charge in [-0.1, -0.05) is 30.7 Å². The van der Waals surface area contributed by atoms with Gasteiger partial charge >= 0.3 is 0 Å². The van der Waals surface area contributed by atoms with Crippen molar-refractivity contribution in [1.82, 2.24) is 10.6 Å². The molecule has 27 heavy (non-hydrogen) atoms. The van der Waals surface area contributed by atoms with Crippen LogP contribution in [0, 0.1) is 11.6 Å². The Morgan fingerprint density at radius 1 is 1.11 bits per heavy atom. The lowest BCUT2D eigenvalue weighted by molar-refractivity contribution is -0.122. The number of benzene rings is 2. The summed E-state index contributed by atoms with van der Waals surface area (Å²) >= 11 is 5.87. The van der Waals surface area contributed by atoms with Crippen molar-refractivity contribution >= 4 is 23.4 Å². The van der Waals surface area contributed by atoms with Crippen molar-refractivity contribution in [2.45, 2.75) is 32.2 Å². The van der Waals surface area contributed by atoms with Crippen LogP contribution in [0.4, 0.5) is 8.78 Å². The van der Waals surface area contributed by atoms with Gasteiger partial charge in [-0.25, -0.2) is 8.78 Å². The zero-order valence-electron chi connectivity index (χ0n) is 14.9. The fourth-order valence-corrected chi connectivity index (χ4v) is 2.73. The van der Waals surface area contributed by atoms with Crippen LogP contribution in [0.2, 0.25) is 5.02 Å². The van der Waals surface area contributed by atoms with Gasteiger partial charge in [-0.15, -0.1) is 0 Å². The average Bonchev–Trinajstić information content (AvgIpc) is 2.64. The third-order valence-electron chi connectivity index (χ3n) is 4.06. The maximum absolute atomic E-state index is 13.5. The number of hydrogen-bond acceptors (Lipinski definition) is 2. The van der Waals surface area contributed by atoms with Gasteiger partial charge in [0.2, 0.25) is 5.91 Å². The standard InChI is InChI=1S/C20H21ClF2N2O2/c1-2-18(13-5-7-14(21)8-6-13)25-19(26)4-3-11-24-20(27)16-10-9-15(22)12-17(16)23/h5-10,12,18H,2-4,11H2,1H3,(H,24,27)(H,25,26). The quantitative estimate of drug-likeness (QED) is 0.652. The molecular formula is C20H21ClF2N2O2. The largest absolute Gasteiger partial charge is 0.352 e. The summed E-state index contributed by atoms with van der Waals surface area (Å²) in [5, 5.41) is 6.10. The Kier molecular flexibility index (Phi) is 7.73. The van der Waals surface area contributed by atoms with Gasteiger partial charge in [-0.05, 0) is 42.7 Å². The minimum atomic E-state index is -0.918. The van der Waals surface area contributed by atoms with E-state index in [0.717, 1.165) is 24.1 Å². The van der Waals surface area contributed by atoms with Crippen LogP contribution >= 0.6 is 11.6 Å². The summed E-state index contributed by atoms with van der Waals surface area (Å²) in [7, 11) is 0. The van der Waals surface area contributed by atoms with Crippen molar-refractivity contribution in [3.63, 3.8) is 0 Å². The molecular weight excluding hydrogens is 374 g/mol. The van der Waals surface area contributed by atoms with E-state index in [0.29, 0.717) is 17.5 Å². The summed E-state index contributed by atoms with van der Waals surface area (Å²) in [5.41, 5.74) is 0.741. The van der Waals surface area contributed by atoms with Crippen LogP contribution in [0.3, 0.4) is 0 Å². The van der Waals surface area contributed by atoms with E-state index in [1.54, 1.807) is 12.1 Å². The number of amides is 2. The topological polar surface area (TPSA) is 58.2 Å².